The highest BCUT2D eigenvalue weighted by atomic mass is 19.1. The number of nitrogens with zero attached hydrogens (tertiary/aromatic N) is 3. The van der Waals surface area contributed by atoms with E-state index in [0.29, 0.717) is 13.1 Å². The summed E-state index contributed by atoms with van der Waals surface area (Å²) in [5.41, 5.74) is 1.81. The van der Waals surface area contributed by atoms with E-state index in [-0.39, 0.29) is 18.1 Å². The second-order valence-corrected chi connectivity index (χ2v) is 5.76. The van der Waals surface area contributed by atoms with Crippen LogP contribution in [0.15, 0.2) is 36.7 Å². The summed E-state index contributed by atoms with van der Waals surface area (Å²) < 4.78 is 18.5. The molecule has 0 spiro atoms. The quantitative estimate of drug-likeness (QED) is 0.939. The standard InChI is InChI=1S/C17H19FN4O2/c1-12-5-2-3-7-15(12)21-17(23)22-8-4-6-14(11-22)24-16-19-9-13(18)10-20-16/h2-3,5,7,9-10,14H,4,6,8,11H2,1H3,(H,21,23). The van der Waals surface area contributed by atoms with Crippen LogP contribution in [0.2, 0.25) is 0 Å². The third-order valence-corrected chi connectivity index (χ3v) is 3.92. The first-order chi connectivity index (χ1) is 11.6. The number of urea groups is 1. The van der Waals surface area contributed by atoms with Crippen LogP contribution in [-0.4, -0.2) is 40.1 Å². The van der Waals surface area contributed by atoms with E-state index in [0.717, 1.165) is 36.5 Å². The summed E-state index contributed by atoms with van der Waals surface area (Å²) in [7, 11) is 0. The Morgan fingerprint density at radius 2 is 2.08 bits per heavy atom. The number of piperidine rings is 1. The van der Waals surface area contributed by atoms with Gasteiger partial charge in [0.25, 0.3) is 0 Å². The molecule has 1 fully saturated rings. The van der Waals surface area contributed by atoms with Crippen molar-refractivity contribution in [2.75, 3.05) is 18.4 Å². The maximum absolute atomic E-state index is 12.8. The highest BCUT2D eigenvalue weighted by Crippen LogP contribution is 2.18. The van der Waals surface area contributed by atoms with Crippen LogP contribution < -0.4 is 10.1 Å². The van der Waals surface area contributed by atoms with Crippen LogP contribution in [0.25, 0.3) is 0 Å². The number of nitrogens with one attached hydrogen (secondary N) is 1. The number of para-hydroxylation sites is 1. The average molecular weight is 330 g/mol. The van der Waals surface area contributed by atoms with Gasteiger partial charge in [0.2, 0.25) is 0 Å². The number of aryl methyl sites for hydroxylation is 1. The van der Waals surface area contributed by atoms with Gasteiger partial charge in [-0.1, -0.05) is 18.2 Å². The van der Waals surface area contributed by atoms with Gasteiger partial charge in [0.15, 0.2) is 5.82 Å². The van der Waals surface area contributed by atoms with Gasteiger partial charge in [-0.15, -0.1) is 0 Å². The minimum Gasteiger partial charge on any atom is -0.458 e. The van der Waals surface area contributed by atoms with Crippen LogP contribution in [0.5, 0.6) is 6.01 Å². The van der Waals surface area contributed by atoms with Crippen LogP contribution in [-0.2, 0) is 0 Å². The number of hydrogen-bond donors (Lipinski definition) is 1. The Balaban J connectivity index is 1.59. The molecule has 0 saturated carbocycles. The first kappa shape index (κ1) is 16.2. The number of ether oxygens (including phenoxy) is 1. The predicted octanol–water partition coefficient (Wildman–Crippen LogP) is 3.00. The van der Waals surface area contributed by atoms with Gasteiger partial charge in [0.1, 0.15) is 6.10 Å². The lowest BCUT2D eigenvalue weighted by Crippen LogP contribution is -2.46. The van der Waals surface area contributed by atoms with Crippen LogP contribution in [0.4, 0.5) is 14.9 Å². The smallest absolute Gasteiger partial charge is 0.321 e. The lowest BCUT2D eigenvalue weighted by Gasteiger charge is -2.32. The molecule has 2 heterocycles. The molecule has 6 nitrogen and oxygen atoms in total. The maximum Gasteiger partial charge on any atom is 0.321 e. The normalized spacial score (nSPS) is 17.4. The lowest BCUT2D eigenvalue weighted by atomic mass is 10.1. The van der Waals surface area contributed by atoms with Gasteiger partial charge < -0.3 is 15.0 Å². The van der Waals surface area contributed by atoms with Gasteiger partial charge in [-0.25, -0.2) is 19.2 Å². The minimum atomic E-state index is -0.509. The number of benzene rings is 1. The minimum absolute atomic E-state index is 0.127. The summed E-state index contributed by atoms with van der Waals surface area (Å²) >= 11 is 0. The number of anilines is 1. The highest BCUT2D eigenvalue weighted by Gasteiger charge is 2.25. The zero-order chi connectivity index (χ0) is 16.9. The van der Waals surface area contributed by atoms with Gasteiger partial charge >= 0.3 is 12.0 Å². The number of carbonyl (C=O) groups excluding carboxylic acids is 1. The number of amides is 2. The Hall–Kier alpha value is -2.70. The van der Waals surface area contributed by atoms with Gasteiger partial charge in [-0.3, -0.25) is 0 Å². The molecule has 3 rings (SSSR count). The van der Waals surface area contributed by atoms with E-state index in [4.69, 9.17) is 4.74 Å². The fraction of sp³-hybridized carbons (Fsp3) is 0.353. The molecule has 1 aliphatic rings. The van der Waals surface area contributed by atoms with Crippen molar-refractivity contribution in [3.05, 3.63) is 48.0 Å². The van der Waals surface area contributed by atoms with Crippen molar-refractivity contribution in [2.45, 2.75) is 25.9 Å². The molecule has 1 aliphatic heterocycles. The monoisotopic (exact) mass is 330 g/mol. The molecule has 2 aromatic rings. The number of aromatic nitrogens is 2. The molecule has 2 amide bonds. The first-order valence-electron chi connectivity index (χ1n) is 7.87. The number of likely N-dealkylation sites (tertiary alicyclic amines) is 1. The van der Waals surface area contributed by atoms with Crippen molar-refractivity contribution in [1.82, 2.24) is 14.9 Å². The molecule has 1 unspecified atom stereocenters. The Kier molecular flexibility index (Phi) is 4.88. The molecule has 24 heavy (non-hydrogen) atoms. The molecule has 1 atom stereocenters. The van der Waals surface area contributed by atoms with E-state index < -0.39 is 5.82 Å². The zero-order valence-corrected chi connectivity index (χ0v) is 13.4. The Morgan fingerprint density at radius 3 is 2.83 bits per heavy atom. The molecular formula is C17H19FN4O2. The molecule has 0 aliphatic carbocycles. The van der Waals surface area contributed by atoms with E-state index in [1.165, 1.54) is 0 Å². The largest absolute Gasteiger partial charge is 0.458 e. The van der Waals surface area contributed by atoms with Crippen molar-refractivity contribution >= 4 is 11.7 Å². The molecule has 1 saturated heterocycles. The molecule has 1 aromatic carbocycles. The van der Waals surface area contributed by atoms with Crippen LogP contribution in [0, 0.1) is 12.7 Å². The number of halogens is 1. The summed E-state index contributed by atoms with van der Waals surface area (Å²) in [6.07, 6.45) is 3.55. The summed E-state index contributed by atoms with van der Waals surface area (Å²) in [6, 6.07) is 7.61. The first-order valence-corrected chi connectivity index (χ1v) is 7.87. The van der Waals surface area contributed by atoms with Crippen LogP contribution in [0.3, 0.4) is 0 Å². The SMILES string of the molecule is Cc1ccccc1NC(=O)N1CCCC(Oc2ncc(F)cn2)C1. The van der Waals surface area contributed by atoms with E-state index in [2.05, 4.69) is 15.3 Å². The van der Waals surface area contributed by atoms with Gasteiger partial charge in [0, 0.05) is 12.2 Å². The van der Waals surface area contributed by atoms with Crippen LogP contribution >= 0.6 is 0 Å². The molecule has 1 N–H and O–H groups in total. The van der Waals surface area contributed by atoms with E-state index in [1.807, 2.05) is 31.2 Å². The Bertz CT molecular complexity index is 708. The van der Waals surface area contributed by atoms with E-state index >= 15 is 0 Å². The van der Waals surface area contributed by atoms with E-state index in [9.17, 15) is 9.18 Å². The maximum atomic E-state index is 12.8. The third kappa shape index (κ3) is 3.98. The second-order valence-electron chi connectivity index (χ2n) is 5.76. The molecule has 0 radical (unpaired) electrons. The number of rotatable bonds is 3. The predicted molar refractivity (Wildman–Crippen MR) is 87.4 cm³/mol. The highest BCUT2D eigenvalue weighted by molar-refractivity contribution is 5.90. The summed E-state index contributed by atoms with van der Waals surface area (Å²) in [6.45, 7) is 3.06. The third-order valence-electron chi connectivity index (χ3n) is 3.92. The lowest BCUT2D eigenvalue weighted by molar-refractivity contribution is 0.0981. The van der Waals surface area contributed by atoms with Gasteiger partial charge in [-0.05, 0) is 31.4 Å². The van der Waals surface area contributed by atoms with E-state index in [1.54, 1.807) is 4.90 Å². The second kappa shape index (κ2) is 7.25. The van der Waals surface area contributed by atoms with Crippen molar-refractivity contribution in [1.29, 1.82) is 0 Å². The van der Waals surface area contributed by atoms with Gasteiger partial charge in [0.05, 0.1) is 18.9 Å². The summed E-state index contributed by atoms with van der Waals surface area (Å²) in [4.78, 5) is 21.7. The number of hydrogen-bond acceptors (Lipinski definition) is 4. The number of carbonyl (C=O) groups is 1. The molecular weight excluding hydrogens is 311 g/mol. The average Bonchev–Trinajstić information content (AvgIpc) is 2.59. The van der Waals surface area contributed by atoms with Crippen molar-refractivity contribution < 1.29 is 13.9 Å². The van der Waals surface area contributed by atoms with Crippen molar-refractivity contribution in [2.24, 2.45) is 0 Å². The molecule has 126 valence electrons. The zero-order valence-electron chi connectivity index (χ0n) is 13.4. The summed E-state index contributed by atoms with van der Waals surface area (Å²) in [5, 5.41) is 2.92. The summed E-state index contributed by atoms with van der Waals surface area (Å²) in [5.74, 6) is -0.509. The Labute approximate surface area is 139 Å². The Morgan fingerprint density at radius 1 is 1.33 bits per heavy atom. The van der Waals surface area contributed by atoms with Crippen molar-refractivity contribution in [3.63, 3.8) is 0 Å². The van der Waals surface area contributed by atoms with Gasteiger partial charge in [-0.2, -0.15) is 0 Å². The van der Waals surface area contributed by atoms with Crippen LogP contribution in [0.1, 0.15) is 18.4 Å². The fourth-order valence-electron chi connectivity index (χ4n) is 2.64. The molecule has 7 heteroatoms. The fourth-order valence-corrected chi connectivity index (χ4v) is 2.64. The molecule has 0 bridgehead atoms. The topological polar surface area (TPSA) is 67.4 Å². The molecule has 1 aromatic heterocycles. The van der Waals surface area contributed by atoms with Crippen molar-refractivity contribution in [3.8, 4) is 6.01 Å².